The zero-order valence-corrected chi connectivity index (χ0v) is 16.1. The Labute approximate surface area is 134 Å². The fourth-order valence-corrected chi connectivity index (χ4v) is 1.75. The summed E-state index contributed by atoms with van der Waals surface area (Å²) in [6.07, 6.45) is 2.70. The van der Waals surface area contributed by atoms with Crippen LogP contribution in [0.4, 0.5) is 0 Å². The van der Waals surface area contributed by atoms with Crippen LogP contribution in [0.2, 0.25) is 0 Å². The summed E-state index contributed by atoms with van der Waals surface area (Å²) in [6.45, 7) is 8.47. The van der Waals surface area contributed by atoms with Crippen molar-refractivity contribution in [2.45, 2.75) is 39.5 Å². The van der Waals surface area contributed by atoms with Crippen molar-refractivity contribution in [3.63, 3.8) is 0 Å². The molecule has 106 valence electrons. The van der Waals surface area contributed by atoms with Crippen LogP contribution in [-0.2, 0) is 26.3 Å². The van der Waals surface area contributed by atoms with Gasteiger partial charge in [0.2, 0.25) is 0 Å². The maximum absolute atomic E-state index is 10.2. The molecule has 1 aromatic rings. The van der Waals surface area contributed by atoms with E-state index in [1.165, 1.54) is 0 Å². The van der Waals surface area contributed by atoms with Crippen molar-refractivity contribution in [1.29, 1.82) is 0 Å². The molecule has 0 aliphatic carbocycles. The van der Waals surface area contributed by atoms with Crippen molar-refractivity contribution in [3.05, 3.63) is 28.8 Å². The van der Waals surface area contributed by atoms with Crippen LogP contribution in [0.5, 0.6) is 5.75 Å². The van der Waals surface area contributed by atoms with Crippen molar-refractivity contribution in [1.82, 2.24) is 0 Å². The van der Waals surface area contributed by atoms with Gasteiger partial charge in [-0.3, -0.25) is 4.99 Å². The molecule has 0 fully saturated rings. The fourth-order valence-electron chi connectivity index (χ4n) is 1.75. The molecule has 1 N–H and O–H groups in total. The van der Waals surface area contributed by atoms with Crippen LogP contribution in [0.3, 0.4) is 0 Å². The molecule has 0 heterocycles. The van der Waals surface area contributed by atoms with Crippen molar-refractivity contribution in [3.8, 4) is 5.75 Å². The van der Waals surface area contributed by atoms with Crippen molar-refractivity contribution < 1.29 is 26.0 Å². The van der Waals surface area contributed by atoms with Gasteiger partial charge in [0.1, 0.15) is 5.75 Å². The molecule has 0 saturated carbocycles. The molecule has 5 heteroatoms. The second-order valence-electron chi connectivity index (χ2n) is 4.95. The third-order valence-electron chi connectivity index (χ3n) is 3.16. The van der Waals surface area contributed by atoms with E-state index >= 15 is 0 Å². The number of aryl methyl sites for hydroxylation is 1. The quantitative estimate of drug-likeness (QED) is 0.749. The normalized spacial score (nSPS) is 11.1. The number of aromatic hydroxyl groups is 1. The monoisotopic (exact) mass is 379 g/mol. The topological polar surface area (TPSA) is 32.6 Å². The average molecular weight is 381 g/mol. The SMILES string of the molecule is CCC(C)(C)c1cc(C)cc(C=NC)c1O.[Cl][Zr][Cl]. The summed E-state index contributed by atoms with van der Waals surface area (Å²) in [5, 5.41) is 10.2. The Kier molecular flexibility index (Phi) is 9.23. The van der Waals surface area contributed by atoms with E-state index in [9.17, 15) is 5.11 Å². The fraction of sp³-hybridized carbons (Fsp3) is 0.500. The van der Waals surface area contributed by atoms with Crippen LogP contribution in [0.1, 0.15) is 43.9 Å². The molecule has 2 nitrogen and oxygen atoms in total. The minimum atomic E-state index is -0.826. The van der Waals surface area contributed by atoms with Crippen LogP contribution in [0.25, 0.3) is 0 Å². The second kappa shape index (κ2) is 9.16. The molecule has 1 rings (SSSR count). The second-order valence-corrected chi connectivity index (χ2v) is 8.68. The Morgan fingerprint density at radius 1 is 1.37 bits per heavy atom. The first kappa shape index (κ1) is 19.2. The summed E-state index contributed by atoms with van der Waals surface area (Å²) in [5.74, 6) is 0.364. The Balaban J connectivity index is 0.000000982. The first-order valence-corrected chi connectivity index (χ1v) is 12.4. The van der Waals surface area contributed by atoms with E-state index in [0.29, 0.717) is 5.75 Å². The van der Waals surface area contributed by atoms with Crippen LogP contribution < -0.4 is 0 Å². The Bertz CT molecular complexity index is 434. The molecule has 0 bridgehead atoms. The van der Waals surface area contributed by atoms with Gasteiger partial charge in [-0.05, 0) is 30.4 Å². The van der Waals surface area contributed by atoms with E-state index < -0.39 is 20.8 Å². The number of aliphatic imine (C=N–C) groups is 1. The van der Waals surface area contributed by atoms with Gasteiger partial charge in [0, 0.05) is 24.4 Å². The van der Waals surface area contributed by atoms with Gasteiger partial charge in [-0.1, -0.05) is 26.8 Å². The minimum absolute atomic E-state index is 0.00751. The van der Waals surface area contributed by atoms with Gasteiger partial charge >= 0.3 is 37.9 Å². The number of benzene rings is 1. The molecule has 0 aromatic heterocycles. The summed E-state index contributed by atoms with van der Waals surface area (Å²) in [7, 11) is 11.6. The van der Waals surface area contributed by atoms with Crippen molar-refractivity contribution >= 4 is 23.2 Å². The molecule has 0 saturated heterocycles. The Morgan fingerprint density at radius 3 is 2.32 bits per heavy atom. The van der Waals surface area contributed by atoms with Gasteiger partial charge in [-0.15, -0.1) is 0 Å². The van der Waals surface area contributed by atoms with Gasteiger partial charge in [-0.2, -0.15) is 0 Å². The van der Waals surface area contributed by atoms with Crippen LogP contribution in [0.15, 0.2) is 17.1 Å². The molecule has 19 heavy (non-hydrogen) atoms. The number of hydrogen-bond donors (Lipinski definition) is 1. The summed E-state index contributed by atoms with van der Waals surface area (Å²) in [5.41, 5.74) is 2.96. The number of nitrogens with zero attached hydrogens (tertiary/aromatic N) is 1. The molecular formula is C14H21Cl2NOZr. The number of phenols is 1. The van der Waals surface area contributed by atoms with Gasteiger partial charge in [0.15, 0.2) is 0 Å². The van der Waals surface area contributed by atoms with E-state index in [-0.39, 0.29) is 5.41 Å². The molecular weight excluding hydrogens is 360 g/mol. The zero-order chi connectivity index (χ0) is 15.1. The van der Waals surface area contributed by atoms with Gasteiger partial charge in [0.05, 0.1) is 0 Å². The van der Waals surface area contributed by atoms with Gasteiger partial charge in [0.25, 0.3) is 0 Å². The molecule has 0 aliphatic rings. The molecule has 0 spiro atoms. The van der Waals surface area contributed by atoms with Gasteiger partial charge in [-0.25, -0.2) is 0 Å². The summed E-state index contributed by atoms with van der Waals surface area (Å²) < 4.78 is 0. The number of rotatable bonds is 3. The van der Waals surface area contributed by atoms with Gasteiger partial charge < -0.3 is 5.11 Å². The standard InChI is InChI=1S/C14H21NO.2ClH.Zr/c1-6-14(3,4)12-8-10(2)7-11(9-15-5)13(12)16;;;/h7-9,16H,6H2,1-5H3;2*1H;/q;;;+2/p-2. The van der Waals surface area contributed by atoms with Crippen molar-refractivity contribution in [2.75, 3.05) is 7.05 Å². The molecule has 0 amide bonds. The number of halogens is 2. The summed E-state index contributed by atoms with van der Waals surface area (Å²) in [4.78, 5) is 3.97. The predicted octanol–water partition coefficient (Wildman–Crippen LogP) is 4.81. The average Bonchev–Trinajstić information content (AvgIpc) is 2.34. The first-order chi connectivity index (χ1) is 8.83. The maximum atomic E-state index is 10.2. The molecule has 0 atom stereocenters. The summed E-state index contributed by atoms with van der Waals surface area (Å²) in [6, 6.07) is 4.02. The van der Waals surface area contributed by atoms with Crippen molar-refractivity contribution in [2.24, 2.45) is 4.99 Å². The Morgan fingerprint density at radius 2 is 1.89 bits per heavy atom. The van der Waals surface area contributed by atoms with E-state index in [0.717, 1.165) is 23.1 Å². The van der Waals surface area contributed by atoms with E-state index in [1.807, 2.05) is 13.0 Å². The number of phenolic OH excluding ortho intramolecular Hbond substituents is 1. The molecule has 0 unspecified atom stereocenters. The number of hydrogen-bond acceptors (Lipinski definition) is 2. The molecule has 0 radical (unpaired) electrons. The van der Waals surface area contributed by atoms with E-state index in [1.54, 1.807) is 13.3 Å². The van der Waals surface area contributed by atoms with E-state index in [2.05, 4.69) is 31.8 Å². The Hall–Kier alpha value is 0.153. The third kappa shape index (κ3) is 5.98. The van der Waals surface area contributed by atoms with Crippen LogP contribution >= 0.6 is 17.0 Å². The first-order valence-electron chi connectivity index (χ1n) is 6.06. The molecule has 0 aliphatic heterocycles. The zero-order valence-electron chi connectivity index (χ0n) is 12.1. The summed E-state index contributed by atoms with van der Waals surface area (Å²) >= 11 is -0.826. The third-order valence-corrected chi connectivity index (χ3v) is 3.16. The molecule has 1 aromatic carbocycles. The predicted molar refractivity (Wildman–Crippen MR) is 81.4 cm³/mol. The van der Waals surface area contributed by atoms with Crippen LogP contribution in [0, 0.1) is 6.92 Å². The van der Waals surface area contributed by atoms with E-state index in [4.69, 9.17) is 17.0 Å². The van der Waals surface area contributed by atoms with Crippen LogP contribution in [-0.4, -0.2) is 18.4 Å².